The van der Waals surface area contributed by atoms with E-state index in [9.17, 15) is 4.79 Å². The highest BCUT2D eigenvalue weighted by Crippen LogP contribution is 2.25. The lowest BCUT2D eigenvalue weighted by Gasteiger charge is -2.23. The summed E-state index contributed by atoms with van der Waals surface area (Å²) in [6.07, 6.45) is 1.91. The SMILES string of the molecule is O=C(c1ccccc1)N1CCO[C@@H]2CN(Cc3ccco3)C[C@@H]2C1. The first-order chi connectivity index (χ1) is 11.8. The van der Waals surface area contributed by atoms with Crippen LogP contribution in [0.2, 0.25) is 0 Å². The number of hydrogen-bond acceptors (Lipinski definition) is 4. The Hall–Kier alpha value is -2.11. The molecule has 0 saturated carbocycles. The van der Waals surface area contributed by atoms with E-state index >= 15 is 0 Å². The van der Waals surface area contributed by atoms with Crippen LogP contribution in [0.3, 0.4) is 0 Å². The van der Waals surface area contributed by atoms with Gasteiger partial charge in [0.25, 0.3) is 5.91 Å². The number of benzene rings is 1. The van der Waals surface area contributed by atoms with Gasteiger partial charge in [0.2, 0.25) is 0 Å². The standard InChI is InChI=1S/C19H22N2O3/c22-19(15-5-2-1-3-6-15)21-8-10-24-18-14-20(11-16(18)12-21)13-17-7-4-9-23-17/h1-7,9,16,18H,8,10-14H2/t16-,18-/m1/s1. The molecule has 0 radical (unpaired) electrons. The number of carbonyl (C=O) groups is 1. The molecule has 2 fully saturated rings. The number of nitrogens with zero attached hydrogens (tertiary/aromatic N) is 2. The topological polar surface area (TPSA) is 45.9 Å². The Balaban J connectivity index is 1.42. The third-order valence-corrected chi connectivity index (χ3v) is 4.87. The number of rotatable bonds is 3. The fourth-order valence-corrected chi connectivity index (χ4v) is 3.68. The number of furan rings is 1. The maximum Gasteiger partial charge on any atom is 0.253 e. The van der Waals surface area contributed by atoms with Crippen molar-refractivity contribution in [3.63, 3.8) is 0 Å². The molecule has 1 aromatic carbocycles. The van der Waals surface area contributed by atoms with Gasteiger partial charge in [0.1, 0.15) is 5.76 Å². The molecule has 2 atom stereocenters. The Labute approximate surface area is 141 Å². The van der Waals surface area contributed by atoms with Gasteiger partial charge in [-0.3, -0.25) is 9.69 Å². The third kappa shape index (κ3) is 3.23. The van der Waals surface area contributed by atoms with Gasteiger partial charge in [-0.2, -0.15) is 0 Å². The van der Waals surface area contributed by atoms with Crippen LogP contribution in [0.5, 0.6) is 0 Å². The van der Waals surface area contributed by atoms with Crippen LogP contribution in [-0.2, 0) is 11.3 Å². The first-order valence-corrected chi connectivity index (χ1v) is 8.50. The van der Waals surface area contributed by atoms with E-state index < -0.39 is 0 Å². The zero-order chi connectivity index (χ0) is 16.4. The minimum atomic E-state index is 0.101. The number of amides is 1. The van der Waals surface area contributed by atoms with Crippen LogP contribution in [0.1, 0.15) is 16.1 Å². The molecule has 2 aromatic rings. The van der Waals surface area contributed by atoms with E-state index in [1.165, 1.54) is 0 Å². The van der Waals surface area contributed by atoms with Crippen molar-refractivity contribution in [3.8, 4) is 0 Å². The summed E-state index contributed by atoms with van der Waals surface area (Å²) in [6, 6.07) is 13.4. The van der Waals surface area contributed by atoms with Crippen LogP contribution in [-0.4, -0.2) is 54.6 Å². The molecular formula is C19H22N2O3. The van der Waals surface area contributed by atoms with Crippen LogP contribution in [0.25, 0.3) is 0 Å². The number of hydrogen-bond donors (Lipinski definition) is 0. The number of fused-ring (bicyclic) bond motifs is 1. The molecule has 0 N–H and O–H groups in total. The van der Waals surface area contributed by atoms with E-state index in [0.717, 1.165) is 37.5 Å². The second-order valence-corrected chi connectivity index (χ2v) is 6.56. The van der Waals surface area contributed by atoms with Crippen molar-refractivity contribution in [3.05, 3.63) is 60.1 Å². The van der Waals surface area contributed by atoms with Gasteiger partial charge >= 0.3 is 0 Å². The Morgan fingerprint density at radius 2 is 1.96 bits per heavy atom. The molecule has 3 heterocycles. The van der Waals surface area contributed by atoms with Crippen LogP contribution >= 0.6 is 0 Å². The predicted octanol–water partition coefficient (Wildman–Crippen LogP) is 2.25. The Morgan fingerprint density at radius 3 is 2.75 bits per heavy atom. The second kappa shape index (κ2) is 6.79. The van der Waals surface area contributed by atoms with Gasteiger partial charge in [0.15, 0.2) is 0 Å². The lowest BCUT2D eigenvalue weighted by molar-refractivity contribution is 0.0497. The summed E-state index contributed by atoms with van der Waals surface area (Å²) in [6.45, 7) is 4.67. The molecule has 0 aliphatic carbocycles. The molecule has 5 heteroatoms. The van der Waals surface area contributed by atoms with Gasteiger partial charge in [-0.15, -0.1) is 0 Å². The summed E-state index contributed by atoms with van der Waals surface area (Å²) in [7, 11) is 0. The van der Waals surface area contributed by atoms with E-state index in [4.69, 9.17) is 9.15 Å². The Bertz CT molecular complexity index is 671. The van der Waals surface area contributed by atoms with Crippen molar-refractivity contribution in [1.82, 2.24) is 9.80 Å². The summed E-state index contributed by atoms with van der Waals surface area (Å²) in [5, 5.41) is 0. The molecule has 126 valence electrons. The van der Waals surface area contributed by atoms with E-state index in [-0.39, 0.29) is 12.0 Å². The molecule has 5 nitrogen and oxygen atoms in total. The summed E-state index contributed by atoms with van der Waals surface area (Å²) in [5.74, 6) is 1.43. The van der Waals surface area contributed by atoms with Gasteiger partial charge < -0.3 is 14.1 Å². The average molecular weight is 326 g/mol. The van der Waals surface area contributed by atoms with E-state index in [1.807, 2.05) is 47.4 Å². The molecule has 2 aliphatic rings. The number of carbonyl (C=O) groups excluding carboxylic acids is 1. The first kappa shape index (κ1) is 15.4. The molecule has 24 heavy (non-hydrogen) atoms. The van der Waals surface area contributed by atoms with E-state index in [2.05, 4.69) is 4.90 Å². The summed E-state index contributed by atoms with van der Waals surface area (Å²) in [5.41, 5.74) is 0.751. The van der Waals surface area contributed by atoms with Crippen LogP contribution < -0.4 is 0 Å². The second-order valence-electron chi connectivity index (χ2n) is 6.56. The zero-order valence-corrected chi connectivity index (χ0v) is 13.6. The fourth-order valence-electron chi connectivity index (χ4n) is 3.68. The van der Waals surface area contributed by atoms with Crippen molar-refractivity contribution < 1.29 is 13.9 Å². The Kier molecular flexibility index (Phi) is 4.36. The van der Waals surface area contributed by atoms with E-state index in [1.54, 1.807) is 6.26 Å². The van der Waals surface area contributed by atoms with Crippen LogP contribution in [0.4, 0.5) is 0 Å². The predicted molar refractivity (Wildman–Crippen MR) is 89.6 cm³/mol. The van der Waals surface area contributed by atoms with Gasteiger partial charge in [-0.25, -0.2) is 0 Å². The highest BCUT2D eigenvalue weighted by molar-refractivity contribution is 5.94. The van der Waals surface area contributed by atoms with Crippen molar-refractivity contribution in [2.24, 2.45) is 5.92 Å². The molecule has 0 spiro atoms. The molecule has 2 saturated heterocycles. The van der Waals surface area contributed by atoms with E-state index in [0.29, 0.717) is 19.1 Å². The third-order valence-electron chi connectivity index (χ3n) is 4.87. The maximum atomic E-state index is 12.7. The van der Waals surface area contributed by atoms with Crippen LogP contribution in [0, 0.1) is 5.92 Å². The number of ether oxygens (including phenoxy) is 1. The summed E-state index contributed by atoms with van der Waals surface area (Å²) >= 11 is 0. The minimum Gasteiger partial charge on any atom is -0.468 e. The molecular weight excluding hydrogens is 304 g/mol. The fraction of sp³-hybridized carbons (Fsp3) is 0.421. The highest BCUT2D eigenvalue weighted by atomic mass is 16.5. The summed E-state index contributed by atoms with van der Waals surface area (Å²) in [4.78, 5) is 17.0. The highest BCUT2D eigenvalue weighted by Gasteiger charge is 2.37. The van der Waals surface area contributed by atoms with Gasteiger partial charge in [-0.1, -0.05) is 18.2 Å². The lowest BCUT2D eigenvalue weighted by atomic mass is 10.1. The minimum absolute atomic E-state index is 0.101. The molecule has 0 unspecified atom stereocenters. The molecule has 1 amide bonds. The molecule has 2 aliphatic heterocycles. The molecule has 4 rings (SSSR count). The zero-order valence-electron chi connectivity index (χ0n) is 13.6. The lowest BCUT2D eigenvalue weighted by Crippen LogP contribution is -2.37. The van der Waals surface area contributed by atoms with Crippen LogP contribution in [0.15, 0.2) is 53.1 Å². The molecule has 0 bridgehead atoms. The van der Waals surface area contributed by atoms with Crippen molar-refractivity contribution in [2.75, 3.05) is 32.8 Å². The van der Waals surface area contributed by atoms with Crippen molar-refractivity contribution in [2.45, 2.75) is 12.6 Å². The first-order valence-electron chi connectivity index (χ1n) is 8.50. The quantitative estimate of drug-likeness (QED) is 0.868. The van der Waals surface area contributed by atoms with Crippen molar-refractivity contribution in [1.29, 1.82) is 0 Å². The smallest absolute Gasteiger partial charge is 0.253 e. The van der Waals surface area contributed by atoms with Gasteiger partial charge in [0.05, 0.1) is 25.5 Å². The van der Waals surface area contributed by atoms with Crippen molar-refractivity contribution >= 4 is 5.91 Å². The monoisotopic (exact) mass is 326 g/mol. The maximum absolute atomic E-state index is 12.7. The normalized spacial score (nSPS) is 24.6. The molecule has 1 aromatic heterocycles. The average Bonchev–Trinajstić information content (AvgIpc) is 3.20. The number of likely N-dealkylation sites (tertiary alicyclic amines) is 1. The Morgan fingerprint density at radius 1 is 1.08 bits per heavy atom. The largest absolute Gasteiger partial charge is 0.468 e. The van der Waals surface area contributed by atoms with Gasteiger partial charge in [-0.05, 0) is 24.3 Å². The summed E-state index contributed by atoms with van der Waals surface area (Å²) < 4.78 is 11.5. The van der Waals surface area contributed by atoms with Gasteiger partial charge in [0, 0.05) is 37.7 Å².